The number of thiazole rings is 1. The molecule has 0 aliphatic heterocycles. The van der Waals surface area contributed by atoms with Crippen LogP contribution in [0.15, 0.2) is 58.8 Å². The van der Waals surface area contributed by atoms with Crippen LogP contribution in [0.4, 0.5) is 0 Å². The lowest BCUT2D eigenvalue weighted by Gasteiger charge is -2.05. The molecule has 0 saturated heterocycles. The number of ether oxygens (including phenoxy) is 1. The van der Waals surface area contributed by atoms with Crippen molar-refractivity contribution in [1.82, 2.24) is 9.55 Å². The molecule has 1 aromatic carbocycles. The predicted octanol–water partition coefficient (Wildman–Crippen LogP) is 3.02. The van der Waals surface area contributed by atoms with Gasteiger partial charge in [-0.1, -0.05) is 35.9 Å². The molecule has 0 aliphatic rings. The van der Waals surface area contributed by atoms with Crippen LogP contribution in [-0.2, 0) is 22.7 Å². The largest absolute Gasteiger partial charge is 0.458 e. The third kappa shape index (κ3) is 3.97. The van der Waals surface area contributed by atoms with Crippen molar-refractivity contribution < 1.29 is 9.53 Å². The maximum Gasteiger partial charge on any atom is 0.326 e. The van der Waals surface area contributed by atoms with Crippen LogP contribution in [0.25, 0.3) is 10.6 Å². The van der Waals surface area contributed by atoms with Gasteiger partial charge in [0.2, 0.25) is 0 Å². The number of carbonyl (C=O) groups excluding carboxylic acids is 1. The van der Waals surface area contributed by atoms with E-state index in [-0.39, 0.29) is 18.7 Å². The first-order chi connectivity index (χ1) is 11.6. The quantitative estimate of drug-likeness (QED) is 0.670. The van der Waals surface area contributed by atoms with Gasteiger partial charge >= 0.3 is 5.97 Å². The highest BCUT2D eigenvalue weighted by Crippen LogP contribution is 2.24. The highest BCUT2D eigenvalue weighted by Gasteiger charge is 2.09. The molecule has 0 bridgehead atoms. The van der Waals surface area contributed by atoms with Crippen molar-refractivity contribution >= 4 is 17.3 Å². The molecule has 122 valence electrons. The Hall–Kier alpha value is -2.73. The Balaban J connectivity index is 1.59. The van der Waals surface area contributed by atoms with Crippen molar-refractivity contribution in [3.05, 3.63) is 75.7 Å². The van der Waals surface area contributed by atoms with Gasteiger partial charge in [0, 0.05) is 23.2 Å². The number of nitrogens with zero attached hydrogens (tertiary/aromatic N) is 2. The van der Waals surface area contributed by atoms with Crippen molar-refractivity contribution in [2.24, 2.45) is 0 Å². The minimum atomic E-state index is -0.465. The van der Waals surface area contributed by atoms with E-state index in [9.17, 15) is 9.59 Å². The molecular weight excluding hydrogens is 324 g/mol. The average Bonchev–Trinajstić information content (AvgIpc) is 3.05. The Morgan fingerprint density at radius 1 is 1.21 bits per heavy atom. The predicted molar refractivity (Wildman–Crippen MR) is 92.8 cm³/mol. The maximum absolute atomic E-state index is 11.8. The first-order valence-corrected chi connectivity index (χ1v) is 8.32. The molecule has 2 heterocycles. The zero-order chi connectivity index (χ0) is 16.9. The molecule has 5 nitrogen and oxygen atoms in total. The third-order valence-electron chi connectivity index (χ3n) is 3.43. The number of rotatable bonds is 5. The van der Waals surface area contributed by atoms with Crippen LogP contribution >= 0.6 is 11.3 Å². The van der Waals surface area contributed by atoms with E-state index in [1.807, 2.05) is 36.6 Å². The zero-order valence-corrected chi connectivity index (χ0v) is 14.0. The molecule has 0 unspecified atom stereocenters. The van der Waals surface area contributed by atoms with Crippen LogP contribution in [0.3, 0.4) is 0 Å². The summed E-state index contributed by atoms with van der Waals surface area (Å²) in [4.78, 5) is 27.9. The number of benzene rings is 1. The molecule has 0 atom stereocenters. The summed E-state index contributed by atoms with van der Waals surface area (Å²) in [6, 6.07) is 12.8. The highest BCUT2D eigenvalue weighted by molar-refractivity contribution is 7.13. The molecule has 0 aliphatic carbocycles. The second-order valence-electron chi connectivity index (χ2n) is 5.34. The molecule has 6 heteroatoms. The molecule has 0 fully saturated rings. The fourth-order valence-corrected chi connectivity index (χ4v) is 2.94. The first kappa shape index (κ1) is 16.1. The van der Waals surface area contributed by atoms with Crippen molar-refractivity contribution in [3.8, 4) is 10.6 Å². The minimum absolute atomic E-state index is 0.1000. The van der Waals surface area contributed by atoms with E-state index in [1.54, 1.807) is 18.3 Å². The molecule has 3 aromatic rings. The van der Waals surface area contributed by atoms with Gasteiger partial charge in [0.25, 0.3) is 5.56 Å². The maximum atomic E-state index is 11.8. The molecule has 3 rings (SSSR count). The van der Waals surface area contributed by atoms with Crippen LogP contribution < -0.4 is 5.56 Å². The number of aromatic nitrogens is 2. The second kappa shape index (κ2) is 7.23. The molecule has 2 aromatic heterocycles. The van der Waals surface area contributed by atoms with E-state index < -0.39 is 5.97 Å². The summed E-state index contributed by atoms with van der Waals surface area (Å²) in [6.45, 7) is 2.03. The molecular formula is C18H16N2O3S. The molecule has 0 N–H and O–H groups in total. The molecule has 0 amide bonds. The van der Waals surface area contributed by atoms with Crippen LogP contribution in [0.1, 0.15) is 11.3 Å². The molecule has 24 heavy (non-hydrogen) atoms. The fraction of sp³-hybridized carbons (Fsp3) is 0.167. The van der Waals surface area contributed by atoms with E-state index in [0.29, 0.717) is 5.69 Å². The summed E-state index contributed by atoms with van der Waals surface area (Å²) in [5.74, 6) is -0.465. The van der Waals surface area contributed by atoms with Gasteiger partial charge in [-0.15, -0.1) is 11.3 Å². The standard InChI is InChI=1S/C18H16N2O3S/c1-13-5-7-14(8-6-13)18-19-15(12-24-18)11-23-17(22)10-20-9-3-2-4-16(20)21/h2-9,12H,10-11H2,1H3. The third-order valence-corrected chi connectivity index (χ3v) is 4.37. The SMILES string of the molecule is Cc1ccc(-c2nc(COC(=O)Cn3ccccc3=O)cs2)cc1. The van der Waals surface area contributed by atoms with E-state index in [4.69, 9.17) is 4.74 Å². The number of pyridine rings is 1. The summed E-state index contributed by atoms with van der Waals surface area (Å²) < 4.78 is 6.51. The first-order valence-electron chi connectivity index (χ1n) is 7.44. The van der Waals surface area contributed by atoms with Crippen molar-refractivity contribution in [1.29, 1.82) is 0 Å². The molecule has 0 spiro atoms. The Morgan fingerprint density at radius 3 is 2.75 bits per heavy atom. The van der Waals surface area contributed by atoms with Gasteiger partial charge in [-0.3, -0.25) is 9.59 Å². The van der Waals surface area contributed by atoms with Crippen LogP contribution in [0.2, 0.25) is 0 Å². The van der Waals surface area contributed by atoms with Gasteiger partial charge < -0.3 is 9.30 Å². The summed E-state index contributed by atoms with van der Waals surface area (Å²) in [5.41, 5.74) is 2.70. The van der Waals surface area contributed by atoms with Crippen molar-refractivity contribution in [2.75, 3.05) is 0 Å². The summed E-state index contributed by atoms with van der Waals surface area (Å²) in [5, 5.41) is 2.76. The lowest BCUT2D eigenvalue weighted by molar-refractivity contribution is -0.145. The van der Waals surface area contributed by atoms with Crippen LogP contribution in [0, 0.1) is 6.92 Å². The number of carbonyl (C=O) groups is 1. The summed E-state index contributed by atoms with van der Waals surface area (Å²) in [6.07, 6.45) is 1.56. The van der Waals surface area contributed by atoms with Gasteiger partial charge in [-0.05, 0) is 13.0 Å². The Bertz CT molecular complexity index is 897. The van der Waals surface area contributed by atoms with Gasteiger partial charge in [0.15, 0.2) is 0 Å². The number of esters is 1. The Labute approximate surface area is 143 Å². The number of hydrogen-bond acceptors (Lipinski definition) is 5. The number of aryl methyl sites for hydroxylation is 1. The smallest absolute Gasteiger partial charge is 0.326 e. The zero-order valence-electron chi connectivity index (χ0n) is 13.1. The fourth-order valence-electron chi connectivity index (χ4n) is 2.13. The molecule has 0 radical (unpaired) electrons. The second-order valence-corrected chi connectivity index (χ2v) is 6.20. The van der Waals surface area contributed by atoms with E-state index in [1.165, 1.54) is 27.5 Å². The van der Waals surface area contributed by atoms with Gasteiger partial charge in [0.1, 0.15) is 18.2 Å². The van der Waals surface area contributed by atoms with E-state index in [2.05, 4.69) is 4.98 Å². The number of hydrogen-bond donors (Lipinski definition) is 0. The normalized spacial score (nSPS) is 10.5. The van der Waals surface area contributed by atoms with Crippen molar-refractivity contribution in [2.45, 2.75) is 20.1 Å². The lowest BCUT2D eigenvalue weighted by Crippen LogP contribution is -2.23. The summed E-state index contributed by atoms with van der Waals surface area (Å²) >= 11 is 1.51. The topological polar surface area (TPSA) is 61.2 Å². The van der Waals surface area contributed by atoms with E-state index in [0.717, 1.165) is 10.6 Å². The Morgan fingerprint density at radius 2 is 2.00 bits per heavy atom. The van der Waals surface area contributed by atoms with E-state index >= 15 is 0 Å². The monoisotopic (exact) mass is 340 g/mol. The van der Waals surface area contributed by atoms with Crippen molar-refractivity contribution in [3.63, 3.8) is 0 Å². The van der Waals surface area contributed by atoms with Gasteiger partial charge in [-0.2, -0.15) is 0 Å². The van der Waals surface area contributed by atoms with Crippen LogP contribution in [-0.4, -0.2) is 15.5 Å². The minimum Gasteiger partial charge on any atom is -0.458 e. The summed E-state index contributed by atoms with van der Waals surface area (Å²) in [7, 11) is 0. The lowest BCUT2D eigenvalue weighted by atomic mass is 10.2. The van der Waals surface area contributed by atoms with Gasteiger partial charge in [0.05, 0.1) is 5.69 Å². The van der Waals surface area contributed by atoms with Gasteiger partial charge in [-0.25, -0.2) is 4.98 Å². The molecule has 0 saturated carbocycles. The van der Waals surface area contributed by atoms with Crippen LogP contribution in [0.5, 0.6) is 0 Å². The Kier molecular flexibility index (Phi) is 4.86. The highest BCUT2D eigenvalue weighted by atomic mass is 32.1. The average molecular weight is 340 g/mol.